The van der Waals surface area contributed by atoms with E-state index in [1.807, 2.05) is 0 Å². The first-order chi connectivity index (χ1) is 9.92. The van der Waals surface area contributed by atoms with Gasteiger partial charge in [-0.25, -0.2) is 0 Å². The van der Waals surface area contributed by atoms with Gasteiger partial charge in [-0.1, -0.05) is 30.3 Å². The zero-order valence-corrected chi connectivity index (χ0v) is 12.4. The van der Waals surface area contributed by atoms with Crippen molar-refractivity contribution in [2.75, 3.05) is 13.2 Å². The van der Waals surface area contributed by atoms with E-state index in [0.717, 1.165) is 31.1 Å². The summed E-state index contributed by atoms with van der Waals surface area (Å²) in [6.07, 6.45) is 8.30. The van der Waals surface area contributed by atoms with Gasteiger partial charge in [-0.05, 0) is 62.5 Å². The van der Waals surface area contributed by atoms with Crippen LogP contribution in [0.3, 0.4) is 0 Å². The Morgan fingerprint density at radius 1 is 1.00 bits per heavy atom. The first kappa shape index (κ1) is 14.1. The highest BCUT2D eigenvalue weighted by Crippen LogP contribution is 2.33. The molecule has 0 spiro atoms. The minimum absolute atomic E-state index is 0.769. The summed E-state index contributed by atoms with van der Waals surface area (Å²) in [5.74, 6) is 1.72. The predicted molar refractivity (Wildman–Crippen MR) is 82.6 cm³/mol. The lowest BCUT2D eigenvalue weighted by Gasteiger charge is -2.32. The summed E-state index contributed by atoms with van der Waals surface area (Å²) in [6.45, 7) is 2.95. The maximum Gasteiger partial charge on any atom is 0.0717 e. The van der Waals surface area contributed by atoms with Crippen LogP contribution in [0.4, 0.5) is 0 Å². The molecule has 0 radical (unpaired) electrons. The maximum absolute atomic E-state index is 5.90. The number of hydrogen-bond donors (Lipinski definition) is 1. The number of nitrogens with one attached hydrogen (secondary N) is 1. The van der Waals surface area contributed by atoms with Crippen LogP contribution in [-0.2, 0) is 11.3 Å². The Kier molecular flexibility index (Phi) is 5.10. The molecular formula is C18H27NO. The molecule has 20 heavy (non-hydrogen) atoms. The van der Waals surface area contributed by atoms with Gasteiger partial charge >= 0.3 is 0 Å². The molecule has 1 N–H and O–H groups in total. The third kappa shape index (κ3) is 3.83. The lowest BCUT2D eigenvalue weighted by Crippen LogP contribution is -2.33. The molecule has 0 bridgehead atoms. The molecule has 1 saturated carbocycles. The number of hydrogen-bond acceptors (Lipinski definition) is 2. The molecule has 0 amide bonds. The Morgan fingerprint density at radius 3 is 2.50 bits per heavy atom. The van der Waals surface area contributed by atoms with Crippen molar-refractivity contribution in [3.8, 4) is 0 Å². The Morgan fingerprint density at radius 2 is 1.80 bits per heavy atom. The van der Waals surface area contributed by atoms with Gasteiger partial charge in [0.05, 0.1) is 6.61 Å². The van der Waals surface area contributed by atoms with Gasteiger partial charge in [-0.15, -0.1) is 0 Å². The maximum atomic E-state index is 5.90. The Labute approximate surface area is 122 Å². The lowest BCUT2D eigenvalue weighted by atomic mass is 9.78. The minimum atomic E-state index is 0.769. The van der Waals surface area contributed by atoms with E-state index in [9.17, 15) is 0 Å². The van der Waals surface area contributed by atoms with Crippen LogP contribution >= 0.6 is 0 Å². The SMILES string of the molecule is c1ccc(COCC2CCC(C3CCCN3)CC2)cc1. The second-order valence-electron chi connectivity index (χ2n) is 6.48. The van der Waals surface area contributed by atoms with Crippen LogP contribution in [0.2, 0.25) is 0 Å². The second-order valence-corrected chi connectivity index (χ2v) is 6.48. The topological polar surface area (TPSA) is 21.3 Å². The Bertz CT molecular complexity index is 378. The number of benzene rings is 1. The molecule has 3 rings (SSSR count). The van der Waals surface area contributed by atoms with Crippen LogP contribution in [0.15, 0.2) is 30.3 Å². The fourth-order valence-electron chi connectivity index (χ4n) is 3.79. The standard InChI is InChI=1S/C18H27NO/c1-2-5-15(6-3-1)13-20-14-16-8-10-17(11-9-16)18-7-4-12-19-18/h1-3,5-6,16-19H,4,7-14H2. The molecule has 1 aromatic carbocycles. The molecule has 2 aliphatic rings. The fraction of sp³-hybridized carbons (Fsp3) is 0.667. The van der Waals surface area contributed by atoms with Crippen LogP contribution in [0.5, 0.6) is 0 Å². The van der Waals surface area contributed by atoms with E-state index < -0.39 is 0 Å². The van der Waals surface area contributed by atoms with Crippen LogP contribution in [0.1, 0.15) is 44.1 Å². The van der Waals surface area contributed by atoms with Crippen molar-refractivity contribution < 1.29 is 4.74 Å². The normalized spacial score (nSPS) is 30.5. The summed E-state index contributed by atoms with van der Waals surface area (Å²) in [5.41, 5.74) is 1.29. The summed E-state index contributed by atoms with van der Waals surface area (Å²) in [6, 6.07) is 11.3. The third-order valence-electron chi connectivity index (χ3n) is 5.02. The molecule has 1 aliphatic heterocycles. The first-order valence-electron chi connectivity index (χ1n) is 8.27. The highest BCUT2D eigenvalue weighted by Gasteiger charge is 2.29. The van der Waals surface area contributed by atoms with Crippen molar-refractivity contribution >= 4 is 0 Å². The van der Waals surface area contributed by atoms with Crippen LogP contribution in [0.25, 0.3) is 0 Å². The quantitative estimate of drug-likeness (QED) is 0.882. The highest BCUT2D eigenvalue weighted by atomic mass is 16.5. The molecule has 110 valence electrons. The monoisotopic (exact) mass is 273 g/mol. The van der Waals surface area contributed by atoms with Crippen molar-refractivity contribution in [2.24, 2.45) is 11.8 Å². The highest BCUT2D eigenvalue weighted by molar-refractivity contribution is 5.13. The van der Waals surface area contributed by atoms with E-state index in [2.05, 4.69) is 35.6 Å². The summed E-state index contributed by atoms with van der Waals surface area (Å²) >= 11 is 0. The Hall–Kier alpha value is -0.860. The van der Waals surface area contributed by atoms with E-state index in [-0.39, 0.29) is 0 Å². The molecule has 1 heterocycles. The molecule has 2 nitrogen and oxygen atoms in total. The van der Waals surface area contributed by atoms with Gasteiger partial charge < -0.3 is 10.1 Å². The average molecular weight is 273 g/mol. The molecule has 1 saturated heterocycles. The van der Waals surface area contributed by atoms with Gasteiger partial charge in [0.1, 0.15) is 0 Å². The lowest BCUT2D eigenvalue weighted by molar-refractivity contribution is 0.0641. The minimum Gasteiger partial charge on any atom is -0.376 e. The zero-order valence-electron chi connectivity index (χ0n) is 12.4. The van der Waals surface area contributed by atoms with Gasteiger partial charge in [0.2, 0.25) is 0 Å². The fourth-order valence-corrected chi connectivity index (χ4v) is 3.79. The smallest absolute Gasteiger partial charge is 0.0717 e. The van der Waals surface area contributed by atoms with Gasteiger partial charge in [-0.2, -0.15) is 0 Å². The van der Waals surface area contributed by atoms with Crippen LogP contribution in [0, 0.1) is 11.8 Å². The molecule has 1 atom stereocenters. The molecule has 1 aromatic rings. The van der Waals surface area contributed by atoms with Crippen molar-refractivity contribution in [3.05, 3.63) is 35.9 Å². The van der Waals surface area contributed by atoms with Gasteiger partial charge in [0, 0.05) is 12.6 Å². The summed E-state index contributed by atoms with van der Waals surface area (Å²) in [5, 5.41) is 3.67. The van der Waals surface area contributed by atoms with Crippen LogP contribution < -0.4 is 5.32 Å². The van der Waals surface area contributed by atoms with Crippen LogP contribution in [-0.4, -0.2) is 19.2 Å². The van der Waals surface area contributed by atoms with Crippen molar-refractivity contribution in [1.82, 2.24) is 5.32 Å². The number of ether oxygens (including phenoxy) is 1. The van der Waals surface area contributed by atoms with E-state index >= 15 is 0 Å². The zero-order chi connectivity index (χ0) is 13.6. The van der Waals surface area contributed by atoms with E-state index in [0.29, 0.717) is 0 Å². The van der Waals surface area contributed by atoms with Crippen molar-refractivity contribution in [2.45, 2.75) is 51.2 Å². The third-order valence-corrected chi connectivity index (χ3v) is 5.02. The van der Waals surface area contributed by atoms with E-state index in [1.54, 1.807) is 0 Å². The van der Waals surface area contributed by atoms with Gasteiger partial charge in [0.15, 0.2) is 0 Å². The largest absolute Gasteiger partial charge is 0.376 e. The average Bonchev–Trinajstić information content (AvgIpc) is 3.03. The Balaban J connectivity index is 1.34. The van der Waals surface area contributed by atoms with Crippen molar-refractivity contribution in [3.63, 3.8) is 0 Å². The predicted octanol–water partition coefficient (Wildman–Crippen LogP) is 3.76. The molecule has 0 aromatic heterocycles. The van der Waals surface area contributed by atoms with Gasteiger partial charge in [0.25, 0.3) is 0 Å². The summed E-state index contributed by atoms with van der Waals surface area (Å²) < 4.78 is 5.90. The van der Waals surface area contributed by atoms with Gasteiger partial charge in [-0.3, -0.25) is 0 Å². The van der Waals surface area contributed by atoms with E-state index in [1.165, 1.54) is 50.6 Å². The summed E-state index contributed by atoms with van der Waals surface area (Å²) in [4.78, 5) is 0. The summed E-state index contributed by atoms with van der Waals surface area (Å²) in [7, 11) is 0. The molecule has 2 fully saturated rings. The first-order valence-corrected chi connectivity index (χ1v) is 8.27. The molecule has 1 aliphatic carbocycles. The molecular weight excluding hydrogens is 246 g/mol. The number of rotatable bonds is 5. The molecule has 2 heteroatoms. The second kappa shape index (κ2) is 7.24. The molecule has 1 unspecified atom stereocenters. The van der Waals surface area contributed by atoms with Crippen molar-refractivity contribution in [1.29, 1.82) is 0 Å². The van der Waals surface area contributed by atoms with E-state index in [4.69, 9.17) is 4.74 Å².